The summed E-state index contributed by atoms with van der Waals surface area (Å²) in [4.78, 5) is 12.9. The van der Waals surface area contributed by atoms with Gasteiger partial charge in [0.05, 0.1) is 6.10 Å². The van der Waals surface area contributed by atoms with Crippen LogP contribution in [0.4, 0.5) is 0 Å². The summed E-state index contributed by atoms with van der Waals surface area (Å²) < 4.78 is 0. The van der Waals surface area contributed by atoms with E-state index in [-0.39, 0.29) is 12.0 Å². The maximum Gasteiger partial charge on any atom is 0.216 e. The molecule has 1 amide bonds. The highest BCUT2D eigenvalue weighted by atomic mass is 16.3. The summed E-state index contributed by atoms with van der Waals surface area (Å²) in [6.07, 6.45) is 2.20. The minimum Gasteiger partial charge on any atom is -0.390 e. The lowest BCUT2D eigenvalue weighted by molar-refractivity contribution is -0.118. The molecule has 5 heteroatoms. The summed E-state index contributed by atoms with van der Waals surface area (Å²) in [5, 5.41) is 15.5. The van der Waals surface area contributed by atoms with Gasteiger partial charge >= 0.3 is 0 Å². The van der Waals surface area contributed by atoms with Crippen LogP contribution in [-0.4, -0.2) is 61.3 Å². The molecule has 0 bridgehead atoms. The third-order valence-corrected chi connectivity index (χ3v) is 2.72. The molecule has 0 aromatic rings. The number of β-amino-alcohol motifs (C(OH)–C–C–N with tert-alkyl or cyclic N) is 1. The van der Waals surface area contributed by atoms with Crippen molar-refractivity contribution >= 4 is 5.91 Å². The summed E-state index contributed by atoms with van der Waals surface area (Å²) in [5.41, 5.74) is 0. The monoisotopic (exact) mass is 229 g/mol. The van der Waals surface area contributed by atoms with Crippen LogP contribution >= 0.6 is 0 Å². The summed E-state index contributed by atoms with van der Waals surface area (Å²) >= 11 is 0. The number of aliphatic hydroxyl groups is 1. The molecule has 0 radical (unpaired) electrons. The van der Waals surface area contributed by atoms with E-state index in [1.54, 1.807) is 0 Å². The van der Waals surface area contributed by atoms with E-state index < -0.39 is 0 Å². The predicted molar refractivity (Wildman–Crippen MR) is 63.2 cm³/mol. The van der Waals surface area contributed by atoms with Crippen LogP contribution in [0.1, 0.15) is 19.8 Å². The Morgan fingerprint density at radius 2 is 2.06 bits per heavy atom. The highest BCUT2D eigenvalue weighted by molar-refractivity contribution is 5.72. The van der Waals surface area contributed by atoms with Gasteiger partial charge in [-0.05, 0) is 25.9 Å². The minimum atomic E-state index is -0.310. The number of likely N-dealkylation sites (tertiary alicyclic amines) is 1. The van der Waals surface area contributed by atoms with Crippen LogP contribution in [0.5, 0.6) is 0 Å². The van der Waals surface area contributed by atoms with Crippen LogP contribution < -0.4 is 10.6 Å². The summed E-state index contributed by atoms with van der Waals surface area (Å²) in [6.45, 7) is 6.40. The summed E-state index contributed by atoms with van der Waals surface area (Å²) in [7, 11) is 0. The zero-order chi connectivity index (χ0) is 11.8. The van der Waals surface area contributed by atoms with Gasteiger partial charge in [0, 0.05) is 33.1 Å². The second kappa shape index (κ2) is 7.60. The SMILES string of the molecule is CC(=O)NCCNCC(O)CN1CCCC1. The molecule has 1 unspecified atom stereocenters. The number of rotatable bonds is 7. The number of nitrogens with one attached hydrogen (secondary N) is 2. The number of hydrogen-bond acceptors (Lipinski definition) is 4. The highest BCUT2D eigenvalue weighted by Gasteiger charge is 2.14. The molecule has 1 rings (SSSR count). The zero-order valence-electron chi connectivity index (χ0n) is 10.0. The largest absolute Gasteiger partial charge is 0.390 e. The molecule has 5 nitrogen and oxygen atoms in total. The Morgan fingerprint density at radius 1 is 1.38 bits per heavy atom. The normalized spacial score (nSPS) is 18.6. The van der Waals surface area contributed by atoms with Crippen LogP contribution in [0, 0.1) is 0 Å². The third kappa shape index (κ3) is 6.05. The molecule has 1 saturated heterocycles. The molecule has 94 valence electrons. The second-order valence-electron chi connectivity index (χ2n) is 4.35. The molecular weight excluding hydrogens is 206 g/mol. The first-order valence-corrected chi connectivity index (χ1v) is 6.04. The van der Waals surface area contributed by atoms with E-state index >= 15 is 0 Å². The zero-order valence-corrected chi connectivity index (χ0v) is 10.0. The molecule has 1 heterocycles. The topological polar surface area (TPSA) is 64.6 Å². The van der Waals surface area contributed by atoms with Crippen molar-refractivity contribution in [3.8, 4) is 0 Å². The van der Waals surface area contributed by atoms with Gasteiger partial charge in [-0.2, -0.15) is 0 Å². The van der Waals surface area contributed by atoms with Crippen LogP contribution in [0.15, 0.2) is 0 Å². The van der Waals surface area contributed by atoms with Crippen molar-refractivity contribution in [2.45, 2.75) is 25.9 Å². The Labute approximate surface area is 97.2 Å². The van der Waals surface area contributed by atoms with E-state index in [1.165, 1.54) is 19.8 Å². The number of nitrogens with zero attached hydrogens (tertiary/aromatic N) is 1. The van der Waals surface area contributed by atoms with E-state index in [1.807, 2.05) is 0 Å². The van der Waals surface area contributed by atoms with Gasteiger partial charge in [-0.15, -0.1) is 0 Å². The molecule has 0 spiro atoms. The van der Waals surface area contributed by atoms with Gasteiger partial charge in [0.2, 0.25) is 5.91 Å². The van der Waals surface area contributed by atoms with E-state index in [2.05, 4.69) is 15.5 Å². The molecule has 3 N–H and O–H groups in total. The van der Waals surface area contributed by atoms with Crippen molar-refractivity contribution in [2.24, 2.45) is 0 Å². The lowest BCUT2D eigenvalue weighted by Crippen LogP contribution is -2.39. The molecule has 0 saturated carbocycles. The van der Waals surface area contributed by atoms with Gasteiger partial charge in [0.25, 0.3) is 0 Å². The molecule has 16 heavy (non-hydrogen) atoms. The first-order chi connectivity index (χ1) is 7.68. The van der Waals surface area contributed by atoms with Gasteiger partial charge in [-0.1, -0.05) is 0 Å². The lowest BCUT2D eigenvalue weighted by Gasteiger charge is -2.19. The molecule has 1 aliphatic heterocycles. The third-order valence-electron chi connectivity index (χ3n) is 2.72. The molecular formula is C11H23N3O2. The van der Waals surface area contributed by atoms with Crippen LogP contribution in [0.25, 0.3) is 0 Å². The molecule has 1 atom stereocenters. The van der Waals surface area contributed by atoms with Gasteiger partial charge in [-0.3, -0.25) is 4.79 Å². The first kappa shape index (κ1) is 13.4. The van der Waals surface area contributed by atoms with E-state index in [0.29, 0.717) is 19.6 Å². The highest BCUT2D eigenvalue weighted by Crippen LogP contribution is 2.07. The van der Waals surface area contributed by atoms with Gasteiger partial charge in [0.15, 0.2) is 0 Å². The maximum absolute atomic E-state index is 10.6. The Bertz CT molecular complexity index is 205. The Hall–Kier alpha value is -0.650. The summed E-state index contributed by atoms with van der Waals surface area (Å²) in [5.74, 6) is -0.0144. The van der Waals surface area contributed by atoms with Crippen LogP contribution in [-0.2, 0) is 4.79 Å². The molecule has 0 aromatic carbocycles. The van der Waals surface area contributed by atoms with E-state index in [4.69, 9.17) is 0 Å². The number of carbonyl (C=O) groups is 1. The first-order valence-electron chi connectivity index (χ1n) is 6.04. The smallest absolute Gasteiger partial charge is 0.216 e. The van der Waals surface area contributed by atoms with Gasteiger partial charge in [0.1, 0.15) is 0 Å². The number of carbonyl (C=O) groups excluding carboxylic acids is 1. The van der Waals surface area contributed by atoms with Crippen molar-refractivity contribution in [1.82, 2.24) is 15.5 Å². The van der Waals surface area contributed by atoms with Crippen molar-refractivity contribution < 1.29 is 9.90 Å². The molecule has 1 aliphatic rings. The van der Waals surface area contributed by atoms with Crippen LogP contribution in [0.3, 0.4) is 0 Å². The van der Waals surface area contributed by atoms with Crippen LogP contribution in [0.2, 0.25) is 0 Å². The van der Waals surface area contributed by atoms with Crippen molar-refractivity contribution in [3.05, 3.63) is 0 Å². The average molecular weight is 229 g/mol. The fourth-order valence-corrected chi connectivity index (χ4v) is 1.92. The standard InChI is InChI=1S/C11H23N3O2/c1-10(15)13-5-4-12-8-11(16)9-14-6-2-3-7-14/h11-12,16H,2-9H2,1H3,(H,13,15). The number of amides is 1. The fourth-order valence-electron chi connectivity index (χ4n) is 1.92. The lowest BCUT2D eigenvalue weighted by atomic mass is 10.3. The second-order valence-corrected chi connectivity index (χ2v) is 4.35. The van der Waals surface area contributed by atoms with Gasteiger partial charge < -0.3 is 20.6 Å². The molecule has 1 fully saturated rings. The van der Waals surface area contributed by atoms with E-state index in [0.717, 1.165) is 19.6 Å². The molecule has 0 aliphatic carbocycles. The Balaban J connectivity index is 1.93. The average Bonchev–Trinajstić information content (AvgIpc) is 2.69. The van der Waals surface area contributed by atoms with Crippen molar-refractivity contribution in [1.29, 1.82) is 0 Å². The maximum atomic E-state index is 10.6. The predicted octanol–water partition coefficient (Wildman–Crippen LogP) is -0.831. The summed E-state index contributed by atoms with van der Waals surface area (Å²) in [6, 6.07) is 0. The number of hydrogen-bond donors (Lipinski definition) is 3. The van der Waals surface area contributed by atoms with E-state index in [9.17, 15) is 9.90 Å². The quantitative estimate of drug-likeness (QED) is 0.499. The Morgan fingerprint density at radius 3 is 2.69 bits per heavy atom. The Kier molecular flexibility index (Phi) is 6.37. The minimum absolute atomic E-state index is 0.0144. The van der Waals surface area contributed by atoms with Gasteiger partial charge in [-0.25, -0.2) is 0 Å². The fraction of sp³-hybridized carbons (Fsp3) is 0.909. The molecule has 0 aromatic heterocycles. The number of aliphatic hydroxyl groups excluding tert-OH is 1. The van der Waals surface area contributed by atoms with Crippen molar-refractivity contribution in [3.63, 3.8) is 0 Å². The van der Waals surface area contributed by atoms with Crippen molar-refractivity contribution in [2.75, 3.05) is 39.3 Å².